The van der Waals surface area contributed by atoms with Crippen LogP contribution in [0.25, 0.3) is 11.4 Å². The Morgan fingerprint density at radius 3 is 2.70 bits per heavy atom. The molecule has 176 valence electrons. The Balaban J connectivity index is 1.81. The first-order chi connectivity index (χ1) is 15.8. The summed E-state index contributed by atoms with van der Waals surface area (Å²) < 4.78 is 2.22. The predicted octanol–water partition coefficient (Wildman–Crippen LogP) is 4.26. The average molecular weight is 451 g/mol. The molecular formula is C25H34N6O2. The highest BCUT2D eigenvalue weighted by Crippen LogP contribution is 2.39. The van der Waals surface area contributed by atoms with Gasteiger partial charge in [-0.3, -0.25) is 4.79 Å². The number of aliphatic hydroxyl groups is 1. The van der Waals surface area contributed by atoms with Gasteiger partial charge in [0.05, 0.1) is 24.0 Å². The lowest BCUT2D eigenvalue weighted by atomic mass is 10.1. The quantitative estimate of drug-likeness (QED) is 0.495. The second-order valence-corrected chi connectivity index (χ2v) is 9.44. The second-order valence-electron chi connectivity index (χ2n) is 9.44. The molecule has 0 aliphatic carbocycles. The van der Waals surface area contributed by atoms with Gasteiger partial charge in [0.25, 0.3) is 0 Å². The summed E-state index contributed by atoms with van der Waals surface area (Å²) in [5.41, 5.74) is 4.38. The van der Waals surface area contributed by atoms with Crippen molar-refractivity contribution in [2.24, 2.45) is 0 Å². The zero-order valence-corrected chi connectivity index (χ0v) is 20.2. The summed E-state index contributed by atoms with van der Waals surface area (Å²) in [7, 11) is 0. The van der Waals surface area contributed by atoms with E-state index in [1.807, 2.05) is 24.3 Å². The van der Waals surface area contributed by atoms with Gasteiger partial charge in [0, 0.05) is 24.7 Å². The highest BCUT2D eigenvalue weighted by atomic mass is 16.3. The van der Waals surface area contributed by atoms with E-state index in [9.17, 15) is 9.90 Å². The highest BCUT2D eigenvalue weighted by molar-refractivity contribution is 5.94. The van der Waals surface area contributed by atoms with E-state index in [2.05, 4.69) is 52.7 Å². The molecule has 1 aromatic rings. The lowest BCUT2D eigenvalue weighted by Crippen LogP contribution is -2.36. The van der Waals surface area contributed by atoms with E-state index >= 15 is 0 Å². The third kappa shape index (κ3) is 4.44. The summed E-state index contributed by atoms with van der Waals surface area (Å²) in [6, 6.07) is 7.83. The molecule has 8 heteroatoms. The van der Waals surface area contributed by atoms with Crippen molar-refractivity contribution >= 4 is 17.5 Å². The van der Waals surface area contributed by atoms with Gasteiger partial charge in [0.15, 0.2) is 17.3 Å². The van der Waals surface area contributed by atoms with Crippen molar-refractivity contribution < 1.29 is 9.90 Å². The molecule has 0 spiro atoms. The van der Waals surface area contributed by atoms with Gasteiger partial charge in [0.2, 0.25) is 5.95 Å². The number of carbonyl (C=O) groups excluding carboxylic acids is 1. The summed E-state index contributed by atoms with van der Waals surface area (Å²) in [4.78, 5) is 19.1. The molecule has 1 atom stereocenters. The summed E-state index contributed by atoms with van der Waals surface area (Å²) in [5.74, 6) is 1.77. The molecule has 8 nitrogen and oxygen atoms in total. The summed E-state index contributed by atoms with van der Waals surface area (Å²) in [6.07, 6.45) is 1.97. The van der Waals surface area contributed by atoms with E-state index in [-0.39, 0.29) is 30.4 Å². The minimum absolute atomic E-state index is 0.0462. The van der Waals surface area contributed by atoms with Crippen molar-refractivity contribution in [1.29, 1.82) is 0 Å². The number of benzene rings is 1. The van der Waals surface area contributed by atoms with Gasteiger partial charge in [-0.2, -0.15) is 10.1 Å². The summed E-state index contributed by atoms with van der Waals surface area (Å²) in [6.45, 7) is 11.6. The predicted molar refractivity (Wildman–Crippen MR) is 130 cm³/mol. The number of anilines is 2. The van der Waals surface area contributed by atoms with Crippen LogP contribution in [0.3, 0.4) is 0 Å². The Bertz CT molecular complexity index is 1110. The molecule has 0 aromatic heterocycles. The molecule has 3 heterocycles. The number of aromatic nitrogens is 4. The minimum atomic E-state index is 0.0462. The fourth-order valence-electron chi connectivity index (χ4n) is 4.60. The Morgan fingerprint density at radius 2 is 2.03 bits per heavy atom. The van der Waals surface area contributed by atoms with Crippen LogP contribution < -0.4 is 10.2 Å². The van der Waals surface area contributed by atoms with Gasteiger partial charge in [-0.05, 0) is 51.2 Å². The van der Waals surface area contributed by atoms with Crippen LogP contribution in [0.15, 0.2) is 24.3 Å². The molecule has 1 fully saturated rings. The molecule has 1 aromatic carbocycles. The maximum absolute atomic E-state index is 11.8. The molecule has 4 rings (SSSR count). The van der Waals surface area contributed by atoms with Crippen LogP contribution in [-0.2, 0) is 6.54 Å². The first kappa shape index (κ1) is 23.2. The molecule has 0 bridgehead atoms. The average Bonchev–Trinajstić information content (AvgIpc) is 3.44. The van der Waals surface area contributed by atoms with Crippen LogP contribution in [0.2, 0.25) is 0 Å². The maximum atomic E-state index is 11.8. The molecule has 0 radical (unpaired) electrons. The molecule has 0 saturated carbocycles. The number of hydrogen-bond acceptors (Lipinski definition) is 7. The first-order valence-electron chi connectivity index (χ1n) is 11.8. The van der Waals surface area contributed by atoms with Crippen molar-refractivity contribution in [3.63, 3.8) is 0 Å². The number of nitrogens with one attached hydrogen (secondary N) is 1. The monoisotopic (exact) mass is 450 g/mol. The number of ketones is 1. The summed E-state index contributed by atoms with van der Waals surface area (Å²) in [5, 5.41) is 22.5. The standard InChI is InChI=1S/C25H34N6O2/c1-15(2)21-23-22(29-28-21)24(26-13-18-8-6-9-19(12-18)17(5)33)27-25(31(23)16(3)4)30-11-7-10-20(30)14-32/h6,8-9,12,15-16,20,26,32H,7,10-11,13-14H2,1-5H3. The van der Waals surface area contributed by atoms with E-state index in [1.165, 1.54) is 0 Å². The van der Waals surface area contributed by atoms with Crippen molar-refractivity contribution in [2.75, 3.05) is 23.4 Å². The largest absolute Gasteiger partial charge is 0.394 e. The zero-order chi connectivity index (χ0) is 23.7. The maximum Gasteiger partial charge on any atom is 0.208 e. The molecule has 1 saturated heterocycles. The first-order valence-corrected chi connectivity index (χ1v) is 11.8. The van der Waals surface area contributed by atoms with Crippen molar-refractivity contribution in [3.05, 3.63) is 41.1 Å². The third-order valence-corrected chi connectivity index (χ3v) is 6.32. The number of rotatable bonds is 8. The lowest BCUT2D eigenvalue weighted by molar-refractivity contribution is 0.101. The molecule has 2 N–H and O–H groups in total. The highest BCUT2D eigenvalue weighted by Gasteiger charge is 2.33. The molecule has 1 unspecified atom stereocenters. The molecule has 3 aliphatic rings. The van der Waals surface area contributed by atoms with Crippen LogP contribution in [0.5, 0.6) is 0 Å². The van der Waals surface area contributed by atoms with Crippen LogP contribution >= 0.6 is 0 Å². The van der Waals surface area contributed by atoms with E-state index in [4.69, 9.17) is 4.98 Å². The molecular weight excluding hydrogens is 416 g/mol. The van der Waals surface area contributed by atoms with Crippen LogP contribution in [0, 0.1) is 0 Å². The SMILES string of the molecule is CC(=O)c1cccc(CNc2nc(N3CCCC3CO)n(C(C)C)c3c(C(C)C)nnc2-3)c1. The van der Waals surface area contributed by atoms with Crippen molar-refractivity contribution in [3.8, 4) is 11.4 Å². The minimum Gasteiger partial charge on any atom is -0.394 e. The van der Waals surface area contributed by atoms with Crippen LogP contribution in [0.4, 0.5) is 11.8 Å². The smallest absolute Gasteiger partial charge is 0.208 e. The third-order valence-electron chi connectivity index (χ3n) is 6.32. The number of aliphatic hydroxyl groups excluding tert-OH is 1. The Morgan fingerprint density at radius 1 is 1.24 bits per heavy atom. The lowest BCUT2D eigenvalue weighted by Gasteiger charge is -2.31. The Hall–Kier alpha value is -3.00. The number of nitrogens with zero attached hydrogens (tertiary/aromatic N) is 5. The van der Waals surface area contributed by atoms with Gasteiger partial charge in [-0.25, -0.2) is 0 Å². The fourth-order valence-corrected chi connectivity index (χ4v) is 4.60. The second kappa shape index (κ2) is 9.47. The number of hydrogen-bond donors (Lipinski definition) is 2. The van der Waals surface area contributed by atoms with Crippen molar-refractivity contribution in [1.82, 2.24) is 19.7 Å². The normalized spacial score (nSPS) is 16.4. The molecule has 33 heavy (non-hydrogen) atoms. The van der Waals surface area contributed by atoms with E-state index in [0.29, 0.717) is 17.9 Å². The molecule has 3 aliphatic heterocycles. The fraction of sp³-hybridized carbons (Fsp3) is 0.520. The van der Waals surface area contributed by atoms with Gasteiger partial charge in [0.1, 0.15) is 0 Å². The van der Waals surface area contributed by atoms with Gasteiger partial charge < -0.3 is 19.9 Å². The van der Waals surface area contributed by atoms with Gasteiger partial charge in [-0.1, -0.05) is 32.0 Å². The molecule has 0 amide bonds. The van der Waals surface area contributed by atoms with Gasteiger partial charge in [-0.15, -0.1) is 5.10 Å². The van der Waals surface area contributed by atoms with Crippen LogP contribution in [-0.4, -0.2) is 49.8 Å². The Labute approximate surface area is 195 Å². The van der Waals surface area contributed by atoms with Crippen LogP contribution in [0.1, 0.15) is 81.0 Å². The number of carbonyl (C=O) groups is 1. The van der Waals surface area contributed by atoms with E-state index in [0.717, 1.165) is 48.0 Å². The van der Waals surface area contributed by atoms with Crippen molar-refractivity contribution in [2.45, 2.75) is 72.0 Å². The van der Waals surface area contributed by atoms with Gasteiger partial charge >= 0.3 is 0 Å². The topological polar surface area (TPSA) is 96.2 Å². The number of Topliss-reactive ketones (excluding diaryl/α,β-unsaturated/α-hetero) is 1. The summed E-state index contributed by atoms with van der Waals surface area (Å²) >= 11 is 0. The van der Waals surface area contributed by atoms with E-state index in [1.54, 1.807) is 6.92 Å². The Kier molecular flexibility index (Phi) is 6.65. The zero-order valence-electron chi connectivity index (χ0n) is 20.2. The van der Waals surface area contributed by atoms with E-state index < -0.39 is 0 Å². The number of fused-ring (bicyclic) bond motifs is 1.